The van der Waals surface area contributed by atoms with Gasteiger partial charge in [0.2, 0.25) is 5.91 Å². The molecule has 0 radical (unpaired) electrons. The SMILES string of the molecule is C=CC(=O)N1CCC2(CC1)CC2C(=O)O. The van der Waals surface area contributed by atoms with Gasteiger partial charge in [-0.25, -0.2) is 0 Å². The molecule has 1 saturated heterocycles. The number of likely N-dealkylation sites (tertiary alicyclic amines) is 1. The molecule has 2 aliphatic rings. The Kier molecular flexibility index (Phi) is 2.29. The number of aliphatic carboxylic acids is 1. The van der Waals surface area contributed by atoms with Crippen molar-refractivity contribution in [3.05, 3.63) is 12.7 Å². The fourth-order valence-electron chi connectivity index (χ4n) is 2.55. The first kappa shape index (κ1) is 10.2. The molecule has 1 unspecified atom stereocenters. The molecule has 1 saturated carbocycles. The summed E-state index contributed by atoms with van der Waals surface area (Å²) in [6.07, 6.45) is 3.76. The summed E-state index contributed by atoms with van der Waals surface area (Å²) in [4.78, 5) is 23.9. The van der Waals surface area contributed by atoms with Gasteiger partial charge in [-0.15, -0.1) is 0 Å². The first-order chi connectivity index (χ1) is 7.09. The van der Waals surface area contributed by atoms with Gasteiger partial charge in [-0.1, -0.05) is 6.58 Å². The highest BCUT2D eigenvalue weighted by atomic mass is 16.4. The Hall–Kier alpha value is -1.32. The van der Waals surface area contributed by atoms with E-state index in [0.29, 0.717) is 13.1 Å². The van der Waals surface area contributed by atoms with Crippen molar-refractivity contribution in [1.29, 1.82) is 0 Å². The standard InChI is InChI=1S/C11H15NO3/c1-2-9(13)12-5-3-11(4-6-12)7-8(11)10(14)15/h2,8H,1,3-7H2,(H,14,15). The molecule has 0 bridgehead atoms. The number of amides is 1. The lowest BCUT2D eigenvalue weighted by molar-refractivity contribution is -0.139. The highest BCUT2D eigenvalue weighted by Crippen LogP contribution is 2.59. The highest BCUT2D eigenvalue weighted by molar-refractivity contribution is 5.87. The van der Waals surface area contributed by atoms with Gasteiger partial charge < -0.3 is 10.0 Å². The summed E-state index contributed by atoms with van der Waals surface area (Å²) in [6.45, 7) is 4.80. The molecule has 4 heteroatoms. The van der Waals surface area contributed by atoms with Crippen LogP contribution in [0.3, 0.4) is 0 Å². The van der Waals surface area contributed by atoms with E-state index in [1.807, 2.05) is 0 Å². The largest absolute Gasteiger partial charge is 0.481 e. The normalized spacial score (nSPS) is 27.5. The molecule has 1 amide bonds. The summed E-state index contributed by atoms with van der Waals surface area (Å²) in [5, 5.41) is 8.90. The maximum Gasteiger partial charge on any atom is 0.307 e. The average Bonchev–Trinajstić information content (AvgIpc) is 2.93. The van der Waals surface area contributed by atoms with Gasteiger partial charge in [-0.05, 0) is 30.8 Å². The minimum Gasteiger partial charge on any atom is -0.481 e. The monoisotopic (exact) mass is 209 g/mol. The van der Waals surface area contributed by atoms with Crippen LogP contribution in [-0.2, 0) is 9.59 Å². The van der Waals surface area contributed by atoms with Crippen molar-refractivity contribution in [2.75, 3.05) is 13.1 Å². The van der Waals surface area contributed by atoms with Crippen molar-refractivity contribution in [3.8, 4) is 0 Å². The molecule has 82 valence electrons. The molecule has 4 nitrogen and oxygen atoms in total. The zero-order chi connectivity index (χ0) is 11.1. The Morgan fingerprint density at radius 2 is 2.00 bits per heavy atom. The molecular weight excluding hydrogens is 194 g/mol. The van der Waals surface area contributed by atoms with Crippen LogP contribution in [0.4, 0.5) is 0 Å². The minimum absolute atomic E-state index is 0.00375. The number of carboxylic acids is 1. The Labute approximate surface area is 88.6 Å². The third-order valence-corrected chi connectivity index (χ3v) is 3.73. The van der Waals surface area contributed by atoms with Gasteiger partial charge in [-0.2, -0.15) is 0 Å². The second-order valence-corrected chi connectivity index (χ2v) is 4.49. The fraction of sp³-hybridized carbons (Fsp3) is 0.636. The van der Waals surface area contributed by atoms with Crippen LogP contribution >= 0.6 is 0 Å². The quantitative estimate of drug-likeness (QED) is 0.687. The van der Waals surface area contributed by atoms with Crippen molar-refractivity contribution in [3.63, 3.8) is 0 Å². The third kappa shape index (κ3) is 1.64. The van der Waals surface area contributed by atoms with Crippen LogP contribution in [0.2, 0.25) is 0 Å². The first-order valence-corrected chi connectivity index (χ1v) is 5.23. The zero-order valence-electron chi connectivity index (χ0n) is 8.61. The van der Waals surface area contributed by atoms with Crippen molar-refractivity contribution in [2.24, 2.45) is 11.3 Å². The van der Waals surface area contributed by atoms with Crippen molar-refractivity contribution in [1.82, 2.24) is 4.90 Å². The highest BCUT2D eigenvalue weighted by Gasteiger charge is 2.58. The van der Waals surface area contributed by atoms with Gasteiger partial charge >= 0.3 is 5.97 Å². The van der Waals surface area contributed by atoms with E-state index in [4.69, 9.17) is 5.11 Å². The molecule has 0 aromatic heterocycles. The molecule has 1 N–H and O–H groups in total. The maximum absolute atomic E-state index is 11.3. The van der Waals surface area contributed by atoms with Crippen LogP contribution in [0.1, 0.15) is 19.3 Å². The number of hydrogen-bond donors (Lipinski definition) is 1. The van der Waals surface area contributed by atoms with Crippen LogP contribution in [-0.4, -0.2) is 35.0 Å². The third-order valence-electron chi connectivity index (χ3n) is 3.73. The molecule has 1 atom stereocenters. The Morgan fingerprint density at radius 1 is 1.40 bits per heavy atom. The molecule has 1 aliphatic carbocycles. The van der Waals surface area contributed by atoms with E-state index >= 15 is 0 Å². The number of rotatable bonds is 2. The Bertz CT molecular complexity index is 316. The molecule has 2 fully saturated rings. The lowest BCUT2D eigenvalue weighted by atomic mass is 9.91. The van der Waals surface area contributed by atoms with E-state index in [2.05, 4.69) is 6.58 Å². The van der Waals surface area contributed by atoms with Crippen molar-refractivity contribution >= 4 is 11.9 Å². The summed E-state index contributed by atoms with van der Waals surface area (Å²) in [6, 6.07) is 0. The summed E-state index contributed by atoms with van der Waals surface area (Å²) in [5.74, 6) is -0.894. The number of carbonyl (C=O) groups excluding carboxylic acids is 1. The van der Waals surface area contributed by atoms with Crippen molar-refractivity contribution < 1.29 is 14.7 Å². The average molecular weight is 209 g/mol. The minimum atomic E-state index is -0.682. The smallest absolute Gasteiger partial charge is 0.307 e. The number of piperidine rings is 1. The number of hydrogen-bond acceptors (Lipinski definition) is 2. The molecule has 2 rings (SSSR count). The van der Waals surface area contributed by atoms with Gasteiger partial charge in [0, 0.05) is 13.1 Å². The number of nitrogens with zero attached hydrogens (tertiary/aromatic N) is 1. The molecule has 1 spiro atoms. The Balaban J connectivity index is 1.91. The van der Waals surface area contributed by atoms with Crippen molar-refractivity contribution in [2.45, 2.75) is 19.3 Å². The summed E-state index contributed by atoms with van der Waals surface area (Å²) >= 11 is 0. The summed E-state index contributed by atoms with van der Waals surface area (Å²) < 4.78 is 0. The number of carbonyl (C=O) groups is 2. The first-order valence-electron chi connectivity index (χ1n) is 5.23. The van der Waals surface area contributed by atoms with E-state index < -0.39 is 5.97 Å². The van der Waals surface area contributed by atoms with E-state index in [1.165, 1.54) is 6.08 Å². The fourth-order valence-corrected chi connectivity index (χ4v) is 2.55. The van der Waals surface area contributed by atoms with Crippen LogP contribution in [0.15, 0.2) is 12.7 Å². The second-order valence-electron chi connectivity index (χ2n) is 4.49. The predicted molar refractivity (Wildman–Crippen MR) is 54.2 cm³/mol. The van der Waals surface area contributed by atoms with E-state index in [-0.39, 0.29) is 17.2 Å². The van der Waals surface area contributed by atoms with Crippen LogP contribution in [0, 0.1) is 11.3 Å². The zero-order valence-corrected chi connectivity index (χ0v) is 8.61. The van der Waals surface area contributed by atoms with E-state index in [0.717, 1.165) is 19.3 Å². The van der Waals surface area contributed by atoms with Crippen LogP contribution in [0.5, 0.6) is 0 Å². The van der Waals surface area contributed by atoms with Gasteiger partial charge in [0.1, 0.15) is 0 Å². The molecular formula is C11H15NO3. The molecule has 0 aromatic carbocycles. The topological polar surface area (TPSA) is 57.6 Å². The van der Waals surface area contributed by atoms with Gasteiger partial charge in [0.05, 0.1) is 5.92 Å². The lowest BCUT2D eigenvalue weighted by Gasteiger charge is -2.31. The molecule has 15 heavy (non-hydrogen) atoms. The summed E-state index contributed by atoms with van der Waals surface area (Å²) in [7, 11) is 0. The predicted octanol–water partition coefficient (Wildman–Crippen LogP) is 0.886. The Morgan fingerprint density at radius 3 is 2.40 bits per heavy atom. The molecule has 1 aliphatic heterocycles. The molecule has 1 heterocycles. The molecule has 0 aromatic rings. The van der Waals surface area contributed by atoms with Gasteiger partial charge in [0.15, 0.2) is 0 Å². The van der Waals surface area contributed by atoms with Crippen LogP contribution < -0.4 is 0 Å². The summed E-state index contributed by atoms with van der Waals surface area (Å²) in [5.41, 5.74) is 0.00375. The number of carboxylic acid groups (broad SMARTS) is 1. The van der Waals surface area contributed by atoms with Crippen LogP contribution in [0.25, 0.3) is 0 Å². The lowest BCUT2D eigenvalue weighted by Crippen LogP contribution is -2.39. The maximum atomic E-state index is 11.3. The van der Waals surface area contributed by atoms with Gasteiger partial charge in [0.25, 0.3) is 0 Å². The van der Waals surface area contributed by atoms with Gasteiger partial charge in [-0.3, -0.25) is 9.59 Å². The second kappa shape index (κ2) is 3.36. The van der Waals surface area contributed by atoms with E-state index in [9.17, 15) is 9.59 Å². The van der Waals surface area contributed by atoms with E-state index in [1.54, 1.807) is 4.90 Å².